The molecule has 2 rings (SSSR count). The van der Waals surface area contributed by atoms with Crippen LogP contribution in [-0.4, -0.2) is 27.6 Å². The number of rotatable bonds is 5. The molecule has 0 amide bonds. The summed E-state index contributed by atoms with van der Waals surface area (Å²) in [4.78, 5) is 20.2. The lowest BCUT2D eigenvalue weighted by Gasteiger charge is -2.07. The molecule has 0 unspecified atom stereocenters. The molecule has 2 aromatic rings. The fraction of sp³-hybridized carbons (Fsp3) is 0.417. The van der Waals surface area contributed by atoms with Crippen LogP contribution in [0, 0.1) is 13.8 Å². The minimum absolute atomic E-state index is 0.169. The molecule has 0 aliphatic heterocycles. The van der Waals surface area contributed by atoms with Crippen molar-refractivity contribution in [3.05, 3.63) is 16.8 Å². The van der Waals surface area contributed by atoms with Crippen LogP contribution in [0.1, 0.15) is 24.2 Å². The normalized spacial score (nSPS) is 10.8. The van der Waals surface area contributed by atoms with E-state index >= 15 is 0 Å². The molecule has 2 N–H and O–H groups in total. The number of aliphatic carboxylic acids is 1. The summed E-state index contributed by atoms with van der Waals surface area (Å²) in [7, 11) is 0. The van der Waals surface area contributed by atoms with Gasteiger partial charge in [0.1, 0.15) is 16.5 Å². The molecule has 0 aliphatic rings. The minimum Gasteiger partial charge on any atom is -0.481 e. The Hall–Kier alpha value is -1.69. The van der Waals surface area contributed by atoms with Gasteiger partial charge in [-0.1, -0.05) is 0 Å². The second-order valence-electron chi connectivity index (χ2n) is 4.14. The number of anilines is 1. The van der Waals surface area contributed by atoms with Crippen LogP contribution in [-0.2, 0) is 4.79 Å². The van der Waals surface area contributed by atoms with E-state index in [0.717, 1.165) is 27.4 Å². The standard InChI is InChI=1S/C12H15N3O2S/c1-7-6-18-12-10(7)11(14-8(2)15-12)13-5-3-4-9(16)17/h6H,3-5H2,1-2H3,(H,16,17)(H,13,14,15). The first-order valence-corrected chi connectivity index (χ1v) is 6.64. The Bertz CT molecular complexity index is 580. The number of nitrogens with one attached hydrogen (secondary N) is 1. The van der Waals surface area contributed by atoms with Crippen molar-refractivity contribution in [2.24, 2.45) is 0 Å². The number of carbonyl (C=O) groups is 1. The number of aromatic nitrogens is 2. The number of nitrogens with zero attached hydrogens (tertiary/aromatic N) is 2. The van der Waals surface area contributed by atoms with Gasteiger partial charge in [0.15, 0.2) is 0 Å². The summed E-state index contributed by atoms with van der Waals surface area (Å²) < 4.78 is 0. The highest BCUT2D eigenvalue weighted by atomic mass is 32.1. The highest BCUT2D eigenvalue weighted by molar-refractivity contribution is 7.17. The predicted molar refractivity (Wildman–Crippen MR) is 72.2 cm³/mol. The summed E-state index contributed by atoms with van der Waals surface area (Å²) >= 11 is 1.60. The molecule has 6 heteroatoms. The molecule has 0 saturated heterocycles. The Morgan fingerprint density at radius 3 is 2.94 bits per heavy atom. The zero-order valence-corrected chi connectivity index (χ0v) is 11.2. The van der Waals surface area contributed by atoms with Gasteiger partial charge in [0.05, 0.1) is 5.39 Å². The van der Waals surface area contributed by atoms with Gasteiger partial charge in [-0.2, -0.15) is 0 Å². The van der Waals surface area contributed by atoms with Crippen LogP contribution in [0.25, 0.3) is 10.2 Å². The number of thiophene rings is 1. The van der Waals surface area contributed by atoms with Gasteiger partial charge in [-0.05, 0) is 31.2 Å². The molecule has 0 bridgehead atoms. The third-order valence-electron chi connectivity index (χ3n) is 2.59. The highest BCUT2D eigenvalue weighted by Gasteiger charge is 2.10. The Morgan fingerprint density at radius 1 is 1.44 bits per heavy atom. The summed E-state index contributed by atoms with van der Waals surface area (Å²) in [6, 6.07) is 0. The lowest BCUT2D eigenvalue weighted by molar-refractivity contribution is -0.137. The third kappa shape index (κ3) is 2.76. The average Bonchev–Trinajstić information content (AvgIpc) is 2.66. The van der Waals surface area contributed by atoms with Crippen LogP contribution in [0.15, 0.2) is 5.38 Å². The van der Waals surface area contributed by atoms with Crippen molar-refractivity contribution in [2.45, 2.75) is 26.7 Å². The monoisotopic (exact) mass is 265 g/mol. The van der Waals surface area contributed by atoms with E-state index in [-0.39, 0.29) is 6.42 Å². The molecule has 0 saturated carbocycles. The molecule has 96 valence electrons. The molecule has 0 fully saturated rings. The van der Waals surface area contributed by atoms with E-state index < -0.39 is 5.97 Å². The van der Waals surface area contributed by atoms with E-state index in [2.05, 4.69) is 20.7 Å². The summed E-state index contributed by atoms with van der Waals surface area (Å²) in [5, 5.41) is 14.9. The van der Waals surface area contributed by atoms with Gasteiger partial charge in [0, 0.05) is 13.0 Å². The zero-order chi connectivity index (χ0) is 13.1. The molecule has 2 aromatic heterocycles. The maximum absolute atomic E-state index is 10.4. The van der Waals surface area contributed by atoms with Crippen molar-refractivity contribution in [1.82, 2.24) is 9.97 Å². The van der Waals surface area contributed by atoms with Gasteiger partial charge in [0.25, 0.3) is 0 Å². The molecular weight excluding hydrogens is 250 g/mol. The quantitative estimate of drug-likeness (QED) is 0.813. The number of hydrogen-bond acceptors (Lipinski definition) is 5. The van der Waals surface area contributed by atoms with Crippen molar-refractivity contribution < 1.29 is 9.90 Å². The molecule has 5 nitrogen and oxygen atoms in total. The fourth-order valence-corrected chi connectivity index (χ4v) is 2.73. The van der Waals surface area contributed by atoms with E-state index in [1.807, 2.05) is 13.8 Å². The first-order chi connectivity index (χ1) is 8.58. The van der Waals surface area contributed by atoms with Gasteiger partial charge in [-0.3, -0.25) is 4.79 Å². The van der Waals surface area contributed by atoms with Gasteiger partial charge >= 0.3 is 5.97 Å². The SMILES string of the molecule is Cc1nc(NCCCC(=O)O)c2c(C)csc2n1. The Morgan fingerprint density at radius 2 is 2.22 bits per heavy atom. The Balaban J connectivity index is 2.16. The van der Waals surface area contributed by atoms with Crippen molar-refractivity contribution >= 4 is 33.3 Å². The van der Waals surface area contributed by atoms with Gasteiger partial charge in [-0.15, -0.1) is 11.3 Å². The number of hydrogen-bond donors (Lipinski definition) is 2. The second-order valence-corrected chi connectivity index (χ2v) is 5.00. The minimum atomic E-state index is -0.771. The van der Waals surface area contributed by atoms with E-state index in [1.54, 1.807) is 11.3 Å². The van der Waals surface area contributed by atoms with Crippen LogP contribution in [0.5, 0.6) is 0 Å². The van der Waals surface area contributed by atoms with Crippen molar-refractivity contribution in [3.8, 4) is 0 Å². The maximum atomic E-state index is 10.4. The summed E-state index contributed by atoms with van der Waals surface area (Å²) in [5.74, 6) is 0.763. The van der Waals surface area contributed by atoms with Gasteiger partial charge in [-0.25, -0.2) is 9.97 Å². The lowest BCUT2D eigenvalue weighted by atomic mass is 10.2. The fourth-order valence-electron chi connectivity index (χ4n) is 1.77. The Labute approximate surface area is 109 Å². The van der Waals surface area contributed by atoms with Crippen LogP contribution in [0.4, 0.5) is 5.82 Å². The summed E-state index contributed by atoms with van der Waals surface area (Å²) in [5.41, 5.74) is 1.15. The summed E-state index contributed by atoms with van der Waals surface area (Å²) in [6.45, 7) is 4.49. The predicted octanol–water partition coefficient (Wildman–Crippen LogP) is 2.58. The molecule has 0 atom stereocenters. The first kappa shape index (κ1) is 12.8. The first-order valence-electron chi connectivity index (χ1n) is 5.76. The molecule has 0 spiro atoms. The third-order valence-corrected chi connectivity index (χ3v) is 3.58. The van der Waals surface area contributed by atoms with E-state index in [9.17, 15) is 4.79 Å². The zero-order valence-electron chi connectivity index (χ0n) is 10.4. The number of carboxylic acids is 1. The Kier molecular flexibility index (Phi) is 3.76. The van der Waals surface area contributed by atoms with Gasteiger partial charge < -0.3 is 10.4 Å². The molecule has 0 radical (unpaired) electrons. The topological polar surface area (TPSA) is 75.1 Å². The lowest BCUT2D eigenvalue weighted by Crippen LogP contribution is -2.07. The van der Waals surface area contributed by atoms with Crippen LogP contribution in [0.3, 0.4) is 0 Å². The van der Waals surface area contributed by atoms with Crippen LogP contribution < -0.4 is 5.32 Å². The smallest absolute Gasteiger partial charge is 0.303 e. The highest BCUT2D eigenvalue weighted by Crippen LogP contribution is 2.29. The van der Waals surface area contributed by atoms with E-state index in [0.29, 0.717) is 13.0 Å². The molecule has 0 aliphatic carbocycles. The van der Waals surface area contributed by atoms with Crippen molar-refractivity contribution in [2.75, 3.05) is 11.9 Å². The number of carboxylic acid groups (broad SMARTS) is 1. The number of aryl methyl sites for hydroxylation is 2. The summed E-state index contributed by atoms with van der Waals surface area (Å²) in [6.07, 6.45) is 0.756. The van der Waals surface area contributed by atoms with Gasteiger partial charge in [0.2, 0.25) is 0 Å². The largest absolute Gasteiger partial charge is 0.481 e. The van der Waals surface area contributed by atoms with Crippen LogP contribution in [0.2, 0.25) is 0 Å². The molecule has 18 heavy (non-hydrogen) atoms. The second kappa shape index (κ2) is 5.30. The van der Waals surface area contributed by atoms with Crippen molar-refractivity contribution in [1.29, 1.82) is 0 Å². The molecule has 2 heterocycles. The average molecular weight is 265 g/mol. The number of fused-ring (bicyclic) bond motifs is 1. The van der Waals surface area contributed by atoms with E-state index in [1.165, 1.54) is 0 Å². The van der Waals surface area contributed by atoms with E-state index in [4.69, 9.17) is 5.11 Å². The maximum Gasteiger partial charge on any atom is 0.303 e. The molecular formula is C12H15N3O2S. The molecule has 0 aromatic carbocycles. The van der Waals surface area contributed by atoms with Crippen LogP contribution >= 0.6 is 11.3 Å². The van der Waals surface area contributed by atoms with Crippen molar-refractivity contribution in [3.63, 3.8) is 0 Å².